The molecule has 0 saturated carbocycles. The summed E-state index contributed by atoms with van der Waals surface area (Å²) in [6.07, 6.45) is 4.86. The zero-order chi connectivity index (χ0) is 13.6. The summed E-state index contributed by atoms with van der Waals surface area (Å²) in [4.78, 5) is 0. The summed E-state index contributed by atoms with van der Waals surface area (Å²) in [5, 5.41) is 12.1. The summed E-state index contributed by atoms with van der Waals surface area (Å²) >= 11 is 1.76. The van der Waals surface area contributed by atoms with Gasteiger partial charge in [-0.15, -0.1) is 0 Å². The van der Waals surface area contributed by atoms with Gasteiger partial charge in [0.2, 0.25) is 0 Å². The van der Waals surface area contributed by atoms with E-state index in [9.17, 15) is 0 Å². The van der Waals surface area contributed by atoms with Gasteiger partial charge in [0.15, 0.2) is 0 Å². The van der Waals surface area contributed by atoms with Crippen molar-refractivity contribution < 1.29 is 0 Å². The SMILES string of the molecule is c1ccc(-n2cccn2)c(CNCCc2ccsc2)c1. The van der Waals surface area contributed by atoms with E-state index in [0.717, 1.165) is 25.2 Å². The van der Waals surface area contributed by atoms with Crippen LogP contribution in [0, 0.1) is 0 Å². The van der Waals surface area contributed by atoms with Crippen LogP contribution in [0.3, 0.4) is 0 Å². The van der Waals surface area contributed by atoms with Crippen LogP contribution in [0.5, 0.6) is 0 Å². The largest absolute Gasteiger partial charge is 0.312 e. The summed E-state index contributed by atoms with van der Waals surface area (Å²) < 4.78 is 1.91. The van der Waals surface area contributed by atoms with E-state index in [0.29, 0.717) is 0 Å². The van der Waals surface area contributed by atoms with E-state index < -0.39 is 0 Å². The highest BCUT2D eigenvalue weighted by atomic mass is 32.1. The fourth-order valence-electron chi connectivity index (χ4n) is 2.19. The average molecular weight is 283 g/mol. The third-order valence-electron chi connectivity index (χ3n) is 3.23. The van der Waals surface area contributed by atoms with Crippen molar-refractivity contribution in [2.24, 2.45) is 0 Å². The highest BCUT2D eigenvalue weighted by molar-refractivity contribution is 7.07. The molecule has 1 N–H and O–H groups in total. The van der Waals surface area contributed by atoms with Gasteiger partial charge in [-0.3, -0.25) is 0 Å². The molecule has 20 heavy (non-hydrogen) atoms. The Hall–Kier alpha value is -1.91. The van der Waals surface area contributed by atoms with Crippen LogP contribution in [0.2, 0.25) is 0 Å². The zero-order valence-electron chi connectivity index (χ0n) is 11.2. The van der Waals surface area contributed by atoms with E-state index in [1.165, 1.54) is 11.1 Å². The van der Waals surface area contributed by atoms with E-state index in [-0.39, 0.29) is 0 Å². The van der Waals surface area contributed by atoms with Gasteiger partial charge in [-0.05, 0) is 53.1 Å². The molecule has 0 spiro atoms. The van der Waals surface area contributed by atoms with Crippen molar-refractivity contribution >= 4 is 11.3 Å². The second-order valence-corrected chi connectivity index (χ2v) is 5.42. The second kappa shape index (κ2) is 6.50. The standard InChI is InChI=1S/C16H17N3S/c1-2-5-16(19-10-3-8-18-19)15(4-1)12-17-9-6-14-7-11-20-13-14/h1-5,7-8,10-11,13,17H,6,9,12H2. The third kappa shape index (κ3) is 3.15. The molecule has 102 valence electrons. The van der Waals surface area contributed by atoms with Crippen LogP contribution < -0.4 is 5.32 Å². The van der Waals surface area contributed by atoms with Crippen molar-refractivity contribution in [3.8, 4) is 5.69 Å². The van der Waals surface area contributed by atoms with Gasteiger partial charge in [-0.2, -0.15) is 16.4 Å². The van der Waals surface area contributed by atoms with Crippen LogP contribution >= 0.6 is 11.3 Å². The van der Waals surface area contributed by atoms with Gasteiger partial charge < -0.3 is 5.32 Å². The minimum Gasteiger partial charge on any atom is -0.312 e. The maximum absolute atomic E-state index is 4.31. The molecule has 0 aliphatic heterocycles. The Kier molecular flexibility index (Phi) is 4.25. The van der Waals surface area contributed by atoms with Crippen LogP contribution in [0.1, 0.15) is 11.1 Å². The normalized spacial score (nSPS) is 10.8. The Morgan fingerprint density at radius 1 is 1.15 bits per heavy atom. The molecular weight excluding hydrogens is 266 g/mol. The Balaban J connectivity index is 1.60. The van der Waals surface area contributed by atoms with Crippen molar-refractivity contribution in [2.75, 3.05) is 6.54 Å². The average Bonchev–Trinajstić information content (AvgIpc) is 3.17. The molecule has 3 rings (SSSR count). The molecule has 0 bridgehead atoms. The topological polar surface area (TPSA) is 29.9 Å². The number of thiophene rings is 1. The van der Waals surface area contributed by atoms with E-state index in [1.54, 1.807) is 17.5 Å². The van der Waals surface area contributed by atoms with Gasteiger partial charge in [-0.1, -0.05) is 18.2 Å². The van der Waals surface area contributed by atoms with Crippen LogP contribution in [-0.4, -0.2) is 16.3 Å². The van der Waals surface area contributed by atoms with Gasteiger partial charge in [0.1, 0.15) is 0 Å². The molecule has 0 unspecified atom stereocenters. The van der Waals surface area contributed by atoms with E-state index >= 15 is 0 Å². The fourth-order valence-corrected chi connectivity index (χ4v) is 2.89. The van der Waals surface area contributed by atoms with Gasteiger partial charge >= 0.3 is 0 Å². The lowest BCUT2D eigenvalue weighted by molar-refractivity contribution is 0.681. The second-order valence-electron chi connectivity index (χ2n) is 4.64. The van der Waals surface area contributed by atoms with Gasteiger partial charge in [-0.25, -0.2) is 4.68 Å². The summed E-state index contributed by atoms with van der Waals surface area (Å²) in [6, 6.07) is 12.5. The molecule has 0 radical (unpaired) electrons. The Labute approximate surface area is 122 Å². The molecule has 4 heteroatoms. The number of nitrogens with one attached hydrogen (secondary N) is 1. The predicted molar refractivity (Wildman–Crippen MR) is 83.3 cm³/mol. The Morgan fingerprint density at radius 3 is 2.90 bits per heavy atom. The highest BCUT2D eigenvalue weighted by Crippen LogP contribution is 2.13. The quantitative estimate of drug-likeness (QED) is 0.704. The van der Waals surface area contributed by atoms with Crippen molar-refractivity contribution in [1.82, 2.24) is 15.1 Å². The van der Waals surface area contributed by atoms with Crippen LogP contribution in [0.4, 0.5) is 0 Å². The summed E-state index contributed by atoms with van der Waals surface area (Å²) in [6.45, 7) is 1.85. The fraction of sp³-hybridized carbons (Fsp3) is 0.188. The number of hydrogen-bond donors (Lipinski definition) is 1. The molecule has 0 atom stereocenters. The first kappa shape index (κ1) is 13.1. The highest BCUT2D eigenvalue weighted by Gasteiger charge is 2.03. The van der Waals surface area contributed by atoms with E-state index in [1.807, 2.05) is 23.0 Å². The first-order chi connectivity index (χ1) is 9.93. The number of hydrogen-bond acceptors (Lipinski definition) is 3. The summed E-state index contributed by atoms with van der Waals surface area (Å²) in [5.41, 5.74) is 3.81. The molecule has 2 heterocycles. The summed E-state index contributed by atoms with van der Waals surface area (Å²) in [5.74, 6) is 0. The van der Waals surface area contributed by atoms with Crippen molar-refractivity contribution in [3.63, 3.8) is 0 Å². The Morgan fingerprint density at radius 2 is 2.10 bits per heavy atom. The lowest BCUT2D eigenvalue weighted by atomic mass is 10.1. The molecule has 0 fully saturated rings. The molecule has 1 aromatic carbocycles. The predicted octanol–water partition coefficient (Wildman–Crippen LogP) is 3.27. The van der Waals surface area contributed by atoms with Crippen LogP contribution in [-0.2, 0) is 13.0 Å². The summed E-state index contributed by atoms with van der Waals surface area (Å²) in [7, 11) is 0. The minimum absolute atomic E-state index is 0.861. The van der Waals surface area contributed by atoms with Gasteiger partial charge in [0, 0.05) is 18.9 Å². The number of rotatable bonds is 6. The zero-order valence-corrected chi connectivity index (χ0v) is 12.0. The maximum atomic E-state index is 4.31. The first-order valence-electron chi connectivity index (χ1n) is 6.73. The molecule has 0 aliphatic carbocycles. The molecule has 0 aliphatic rings. The van der Waals surface area contributed by atoms with Crippen molar-refractivity contribution in [3.05, 3.63) is 70.7 Å². The molecule has 3 aromatic rings. The smallest absolute Gasteiger partial charge is 0.0690 e. The monoisotopic (exact) mass is 283 g/mol. The number of aromatic nitrogens is 2. The lowest BCUT2D eigenvalue weighted by Gasteiger charge is -2.10. The molecule has 0 saturated heterocycles. The third-order valence-corrected chi connectivity index (χ3v) is 3.96. The molecule has 2 aromatic heterocycles. The number of para-hydroxylation sites is 1. The van der Waals surface area contributed by atoms with E-state index in [4.69, 9.17) is 0 Å². The van der Waals surface area contributed by atoms with E-state index in [2.05, 4.69) is 45.4 Å². The first-order valence-corrected chi connectivity index (χ1v) is 7.67. The molecule has 0 amide bonds. The van der Waals surface area contributed by atoms with Crippen molar-refractivity contribution in [1.29, 1.82) is 0 Å². The maximum Gasteiger partial charge on any atom is 0.0690 e. The number of nitrogens with zero attached hydrogens (tertiary/aromatic N) is 2. The van der Waals surface area contributed by atoms with Crippen LogP contribution in [0.15, 0.2) is 59.6 Å². The lowest BCUT2D eigenvalue weighted by Crippen LogP contribution is -2.17. The Bertz CT molecular complexity index is 630. The molecule has 3 nitrogen and oxygen atoms in total. The number of benzene rings is 1. The van der Waals surface area contributed by atoms with Gasteiger partial charge in [0.05, 0.1) is 5.69 Å². The molecular formula is C16H17N3S. The van der Waals surface area contributed by atoms with Crippen molar-refractivity contribution in [2.45, 2.75) is 13.0 Å². The van der Waals surface area contributed by atoms with Crippen LogP contribution in [0.25, 0.3) is 5.69 Å². The minimum atomic E-state index is 0.861. The van der Waals surface area contributed by atoms with Gasteiger partial charge in [0.25, 0.3) is 0 Å².